The normalized spacial score (nSPS) is 11.0. The third kappa shape index (κ3) is 4.06. The molecule has 8 heteroatoms. The molecule has 3 N–H and O–H groups in total. The van der Waals surface area contributed by atoms with Crippen molar-refractivity contribution in [2.45, 2.75) is 11.4 Å². The van der Waals surface area contributed by atoms with Gasteiger partial charge in [0.2, 0.25) is 10.0 Å². The van der Waals surface area contributed by atoms with Crippen LogP contribution in [0.1, 0.15) is 11.4 Å². The number of H-pyrrole nitrogens is 1. The maximum absolute atomic E-state index is 12.2. The van der Waals surface area contributed by atoms with Gasteiger partial charge in [-0.3, -0.25) is 0 Å². The molecule has 1 aromatic carbocycles. The standard InChI is InChI=1S/C13H12ClN3O3S/c14-11-8-10(2-1-7-18)3-4-12(11)21(19,20)17-9-13-15-5-6-16-13/h3-6,8,17-18H,7,9H2,(H,15,16). The molecule has 0 fully saturated rings. The lowest BCUT2D eigenvalue weighted by Crippen LogP contribution is -2.24. The zero-order chi connectivity index (χ0) is 15.3. The van der Waals surface area contributed by atoms with E-state index in [4.69, 9.17) is 16.7 Å². The number of aromatic nitrogens is 2. The van der Waals surface area contributed by atoms with Gasteiger partial charge in [-0.1, -0.05) is 23.4 Å². The second kappa shape index (κ2) is 6.74. The molecule has 1 aromatic heterocycles. The highest BCUT2D eigenvalue weighted by Gasteiger charge is 2.18. The van der Waals surface area contributed by atoms with Crippen LogP contribution in [0.2, 0.25) is 5.02 Å². The van der Waals surface area contributed by atoms with Crippen LogP contribution in [0.15, 0.2) is 35.5 Å². The van der Waals surface area contributed by atoms with Crippen LogP contribution < -0.4 is 4.72 Å². The minimum Gasteiger partial charge on any atom is -0.384 e. The Morgan fingerprint density at radius 2 is 2.24 bits per heavy atom. The fourth-order valence-electron chi connectivity index (χ4n) is 1.57. The molecule has 1 heterocycles. The molecule has 6 nitrogen and oxygen atoms in total. The summed E-state index contributed by atoms with van der Waals surface area (Å²) in [5, 5.41) is 8.68. The summed E-state index contributed by atoms with van der Waals surface area (Å²) in [4.78, 5) is 6.68. The fourth-order valence-corrected chi connectivity index (χ4v) is 3.10. The van der Waals surface area contributed by atoms with Crippen molar-refractivity contribution in [1.29, 1.82) is 0 Å². The van der Waals surface area contributed by atoms with E-state index in [1.807, 2.05) is 0 Å². The number of aliphatic hydroxyl groups excluding tert-OH is 1. The third-order valence-electron chi connectivity index (χ3n) is 2.52. The van der Waals surface area contributed by atoms with Crippen molar-refractivity contribution >= 4 is 21.6 Å². The molecule has 0 saturated carbocycles. The van der Waals surface area contributed by atoms with E-state index < -0.39 is 10.0 Å². The molecule has 0 aliphatic carbocycles. The van der Waals surface area contributed by atoms with E-state index in [-0.39, 0.29) is 23.1 Å². The molecule has 2 aromatic rings. The first-order chi connectivity index (χ1) is 10.0. The summed E-state index contributed by atoms with van der Waals surface area (Å²) in [6.07, 6.45) is 3.14. The van der Waals surface area contributed by atoms with Gasteiger partial charge in [-0.05, 0) is 18.2 Å². The Bertz CT molecular complexity index is 777. The quantitative estimate of drug-likeness (QED) is 0.727. The van der Waals surface area contributed by atoms with E-state index in [9.17, 15) is 8.42 Å². The molecule has 0 spiro atoms. The maximum Gasteiger partial charge on any atom is 0.242 e. The summed E-state index contributed by atoms with van der Waals surface area (Å²) < 4.78 is 26.7. The number of nitrogens with one attached hydrogen (secondary N) is 2. The number of halogens is 1. The van der Waals surface area contributed by atoms with Gasteiger partial charge in [0, 0.05) is 18.0 Å². The summed E-state index contributed by atoms with van der Waals surface area (Å²) in [7, 11) is -3.74. The van der Waals surface area contributed by atoms with E-state index in [2.05, 4.69) is 26.5 Å². The van der Waals surface area contributed by atoms with Crippen LogP contribution in [0.3, 0.4) is 0 Å². The molecule has 0 atom stereocenters. The van der Waals surface area contributed by atoms with Crippen molar-refractivity contribution in [3.63, 3.8) is 0 Å². The fraction of sp³-hybridized carbons (Fsp3) is 0.154. The number of benzene rings is 1. The summed E-state index contributed by atoms with van der Waals surface area (Å²) >= 11 is 5.98. The number of aliphatic hydroxyl groups is 1. The first-order valence-corrected chi connectivity index (χ1v) is 7.76. The van der Waals surface area contributed by atoms with Gasteiger partial charge < -0.3 is 10.1 Å². The van der Waals surface area contributed by atoms with Crippen molar-refractivity contribution in [2.75, 3.05) is 6.61 Å². The molecule has 0 radical (unpaired) electrons. The van der Waals surface area contributed by atoms with E-state index in [0.29, 0.717) is 11.4 Å². The monoisotopic (exact) mass is 325 g/mol. The van der Waals surface area contributed by atoms with Crippen molar-refractivity contribution in [3.05, 3.63) is 47.0 Å². The number of hydrogen-bond donors (Lipinski definition) is 3. The summed E-state index contributed by atoms with van der Waals surface area (Å²) in [5.74, 6) is 5.62. The zero-order valence-electron chi connectivity index (χ0n) is 10.8. The van der Waals surface area contributed by atoms with Crippen LogP contribution in [0.4, 0.5) is 0 Å². The molecule has 0 saturated heterocycles. The SMILES string of the molecule is O=S(=O)(NCc1ncc[nH]1)c1ccc(C#CCO)cc1Cl. The highest BCUT2D eigenvalue weighted by Crippen LogP contribution is 2.22. The van der Waals surface area contributed by atoms with Crippen molar-refractivity contribution in [1.82, 2.24) is 14.7 Å². The third-order valence-corrected chi connectivity index (χ3v) is 4.40. The van der Waals surface area contributed by atoms with Crippen LogP contribution >= 0.6 is 11.6 Å². The van der Waals surface area contributed by atoms with Crippen LogP contribution in [-0.4, -0.2) is 30.1 Å². The van der Waals surface area contributed by atoms with Crippen LogP contribution in [0.25, 0.3) is 0 Å². The Kier molecular flexibility index (Phi) is 4.98. The molecular formula is C13H12ClN3O3S. The smallest absolute Gasteiger partial charge is 0.242 e. The zero-order valence-corrected chi connectivity index (χ0v) is 12.4. The Labute approximate surface area is 127 Å². The molecular weight excluding hydrogens is 314 g/mol. The number of hydrogen-bond acceptors (Lipinski definition) is 4. The second-order valence-corrected chi connectivity index (χ2v) is 6.11. The lowest BCUT2D eigenvalue weighted by atomic mass is 10.2. The van der Waals surface area contributed by atoms with Gasteiger partial charge in [0.05, 0.1) is 11.6 Å². The molecule has 2 rings (SSSR count). The Morgan fingerprint density at radius 3 is 2.86 bits per heavy atom. The first kappa shape index (κ1) is 15.5. The lowest BCUT2D eigenvalue weighted by Gasteiger charge is -2.07. The van der Waals surface area contributed by atoms with Gasteiger partial charge >= 0.3 is 0 Å². The van der Waals surface area contributed by atoms with Gasteiger partial charge in [-0.2, -0.15) is 0 Å². The number of imidazole rings is 1. The van der Waals surface area contributed by atoms with E-state index in [1.54, 1.807) is 6.20 Å². The molecule has 21 heavy (non-hydrogen) atoms. The average molecular weight is 326 g/mol. The molecule has 0 aliphatic rings. The summed E-state index contributed by atoms with van der Waals surface area (Å²) in [6.45, 7) is -0.236. The van der Waals surface area contributed by atoms with Crippen molar-refractivity contribution in [3.8, 4) is 11.8 Å². The largest absolute Gasteiger partial charge is 0.384 e. The lowest BCUT2D eigenvalue weighted by molar-refractivity contribution is 0.350. The Morgan fingerprint density at radius 1 is 1.43 bits per heavy atom. The Hall–Kier alpha value is -1.85. The molecule has 0 unspecified atom stereocenters. The van der Waals surface area contributed by atoms with Gasteiger partial charge in [-0.15, -0.1) is 0 Å². The Balaban J connectivity index is 2.19. The van der Waals surface area contributed by atoms with Crippen LogP contribution in [0.5, 0.6) is 0 Å². The molecule has 0 bridgehead atoms. The molecule has 110 valence electrons. The average Bonchev–Trinajstić information content (AvgIpc) is 2.96. The van der Waals surface area contributed by atoms with Crippen LogP contribution in [0, 0.1) is 11.8 Å². The van der Waals surface area contributed by atoms with Gasteiger partial charge in [0.25, 0.3) is 0 Å². The minimum absolute atomic E-state index is 0.0368. The van der Waals surface area contributed by atoms with E-state index in [0.717, 1.165) is 0 Å². The highest BCUT2D eigenvalue weighted by atomic mass is 35.5. The summed E-state index contributed by atoms with van der Waals surface area (Å²) in [6, 6.07) is 4.33. The predicted octanol–water partition coefficient (Wildman–Crippen LogP) is 0.885. The van der Waals surface area contributed by atoms with Gasteiger partial charge in [0.15, 0.2) is 0 Å². The van der Waals surface area contributed by atoms with E-state index >= 15 is 0 Å². The number of sulfonamides is 1. The van der Waals surface area contributed by atoms with E-state index in [1.165, 1.54) is 24.4 Å². The predicted molar refractivity (Wildman–Crippen MR) is 78.0 cm³/mol. The number of rotatable bonds is 4. The number of nitrogens with zero attached hydrogens (tertiary/aromatic N) is 1. The topological polar surface area (TPSA) is 95.1 Å². The van der Waals surface area contributed by atoms with Crippen LogP contribution in [-0.2, 0) is 16.6 Å². The highest BCUT2D eigenvalue weighted by molar-refractivity contribution is 7.89. The molecule has 0 amide bonds. The van der Waals surface area contributed by atoms with Gasteiger partial charge in [-0.25, -0.2) is 18.1 Å². The minimum atomic E-state index is -3.74. The van der Waals surface area contributed by atoms with Crippen molar-refractivity contribution < 1.29 is 13.5 Å². The number of aromatic amines is 1. The second-order valence-electron chi connectivity index (χ2n) is 3.97. The maximum atomic E-state index is 12.2. The van der Waals surface area contributed by atoms with Gasteiger partial charge in [0.1, 0.15) is 17.3 Å². The first-order valence-electron chi connectivity index (χ1n) is 5.90. The van der Waals surface area contributed by atoms with Crippen molar-refractivity contribution in [2.24, 2.45) is 0 Å². The molecule has 0 aliphatic heterocycles. The summed E-state index contributed by atoms with van der Waals surface area (Å²) in [5.41, 5.74) is 0.527.